The monoisotopic (exact) mass is 291 g/mol. The van der Waals surface area contributed by atoms with Crippen LogP contribution in [0.4, 0.5) is 4.79 Å². The minimum atomic E-state index is -0.562. The topological polar surface area (TPSA) is 66.8 Å². The first kappa shape index (κ1) is 15.4. The Morgan fingerprint density at radius 2 is 1.90 bits per heavy atom. The molecule has 0 aromatic heterocycles. The molecule has 0 radical (unpaired) electrons. The van der Waals surface area contributed by atoms with Crippen LogP contribution in [0.3, 0.4) is 0 Å². The number of hydrogen-bond donors (Lipinski definition) is 1. The molecule has 5 nitrogen and oxygen atoms in total. The standard InChI is InChI=1S/C16H21NO4/c1-16(2,3)21-15(20)17-9-8-13(14(19)10-17)11-4-6-12(18)7-5-11/h4-7,13,18H,8-10H2,1-3H3. The van der Waals surface area contributed by atoms with Gasteiger partial charge in [-0.05, 0) is 44.9 Å². The van der Waals surface area contributed by atoms with Crippen molar-refractivity contribution < 1.29 is 19.4 Å². The van der Waals surface area contributed by atoms with Crippen LogP contribution in [0, 0.1) is 0 Å². The molecule has 1 aromatic rings. The van der Waals surface area contributed by atoms with Gasteiger partial charge in [0.1, 0.15) is 11.4 Å². The number of rotatable bonds is 1. The van der Waals surface area contributed by atoms with Crippen LogP contribution in [-0.2, 0) is 9.53 Å². The molecule has 1 saturated heterocycles. The van der Waals surface area contributed by atoms with Crippen LogP contribution in [0.2, 0.25) is 0 Å². The van der Waals surface area contributed by atoms with E-state index in [0.29, 0.717) is 13.0 Å². The third-order valence-electron chi connectivity index (χ3n) is 3.37. The lowest BCUT2D eigenvalue weighted by atomic mass is 9.88. The molecule has 1 amide bonds. The van der Waals surface area contributed by atoms with E-state index >= 15 is 0 Å². The van der Waals surface area contributed by atoms with Gasteiger partial charge in [0.2, 0.25) is 0 Å². The van der Waals surface area contributed by atoms with E-state index in [9.17, 15) is 14.7 Å². The number of benzene rings is 1. The number of hydrogen-bond acceptors (Lipinski definition) is 4. The number of carbonyl (C=O) groups is 2. The summed E-state index contributed by atoms with van der Waals surface area (Å²) < 4.78 is 5.28. The highest BCUT2D eigenvalue weighted by atomic mass is 16.6. The molecule has 1 aromatic carbocycles. The largest absolute Gasteiger partial charge is 0.508 e. The number of piperidine rings is 1. The summed E-state index contributed by atoms with van der Waals surface area (Å²) in [6.45, 7) is 5.97. The van der Waals surface area contributed by atoms with E-state index < -0.39 is 11.7 Å². The predicted octanol–water partition coefficient (Wildman–Crippen LogP) is 2.69. The Balaban J connectivity index is 2.01. The first-order valence-electron chi connectivity index (χ1n) is 7.06. The minimum absolute atomic E-state index is 0.00204. The molecule has 1 fully saturated rings. The van der Waals surface area contributed by atoms with Gasteiger partial charge in [0.25, 0.3) is 0 Å². The van der Waals surface area contributed by atoms with Crippen LogP contribution in [-0.4, -0.2) is 40.6 Å². The molecule has 1 atom stereocenters. The molecule has 0 saturated carbocycles. The minimum Gasteiger partial charge on any atom is -0.508 e. The number of phenolic OH excluding ortho intramolecular Hbond substituents is 1. The maximum atomic E-state index is 12.2. The molecule has 5 heteroatoms. The Bertz CT molecular complexity index is 530. The molecule has 2 rings (SSSR count). The van der Waals surface area contributed by atoms with Crippen molar-refractivity contribution in [1.29, 1.82) is 0 Å². The summed E-state index contributed by atoms with van der Waals surface area (Å²) in [5.74, 6) is -0.0422. The fourth-order valence-corrected chi connectivity index (χ4v) is 2.36. The maximum Gasteiger partial charge on any atom is 0.410 e. The number of amides is 1. The van der Waals surface area contributed by atoms with Crippen molar-refractivity contribution in [3.8, 4) is 5.75 Å². The number of carbonyl (C=O) groups excluding carboxylic acids is 2. The van der Waals surface area contributed by atoms with Gasteiger partial charge in [-0.25, -0.2) is 4.79 Å². The number of ketones is 1. The lowest BCUT2D eigenvalue weighted by Gasteiger charge is -2.32. The second-order valence-corrected chi connectivity index (χ2v) is 6.30. The fraction of sp³-hybridized carbons (Fsp3) is 0.500. The van der Waals surface area contributed by atoms with Crippen molar-refractivity contribution in [2.24, 2.45) is 0 Å². The molecule has 1 heterocycles. The fourth-order valence-electron chi connectivity index (χ4n) is 2.36. The molecule has 0 aliphatic carbocycles. The Labute approximate surface area is 124 Å². The van der Waals surface area contributed by atoms with Gasteiger partial charge in [-0.1, -0.05) is 12.1 Å². The zero-order chi connectivity index (χ0) is 15.6. The van der Waals surface area contributed by atoms with Crippen LogP contribution >= 0.6 is 0 Å². The molecule has 1 aliphatic rings. The average molecular weight is 291 g/mol. The summed E-state index contributed by atoms with van der Waals surface area (Å²) in [5, 5.41) is 9.29. The number of likely N-dealkylation sites (tertiary alicyclic amines) is 1. The Morgan fingerprint density at radius 1 is 1.29 bits per heavy atom. The Morgan fingerprint density at radius 3 is 2.43 bits per heavy atom. The van der Waals surface area contributed by atoms with Crippen LogP contribution in [0.5, 0.6) is 5.75 Å². The van der Waals surface area contributed by atoms with E-state index in [1.807, 2.05) is 0 Å². The lowest BCUT2D eigenvalue weighted by molar-refractivity contribution is -0.123. The predicted molar refractivity (Wildman–Crippen MR) is 78.3 cm³/mol. The van der Waals surface area contributed by atoms with Crippen LogP contribution < -0.4 is 0 Å². The van der Waals surface area contributed by atoms with E-state index in [4.69, 9.17) is 4.74 Å². The molecular formula is C16H21NO4. The zero-order valence-electron chi connectivity index (χ0n) is 12.6. The number of Topliss-reactive ketones (excluding diaryl/α,β-unsaturated/α-hetero) is 1. The van der Waals surface area contributed by atoms with Gasteiger partial charge in [-0.15, -0.1) is 0 Å². The highest BCUT2D eigenvalue weighted by Crippen LogP contribution is 2.27. The van der Waals surface area contributed by atoms with Gasteiger partial charge in [0.05, 0.1) is 6.54 Å². The van der Waals surface area contributed by atoms with Gasteiger partial charge in [0, 0.05) is 12.5 Å². The molecule has 114 valence electrons. The van der Waals surface area contributed by atoms with Crippen LogP contribution in [0.1, 0.15) is 38.7 Å². The molecule has 1 aliphatic heterocycles. The molecular weight excluding hydrogens is 270 g/mol. The smallest absolute Gasteiger partial charge is 0.410 e. The molecule has 0 bridgehead atoms. The second-order valence-electron chi connectivity index (χ2n) is 6.30. The van der Waals surface area contributed by atoms with E-state index in [1.54, 1.807) is 45.0 Å². The SMILES string of the molecule is CC(C)(C)OC(=O)N1CCC(c2ccc(O)cc2)C(=O)C1. The van der Waals surface area contributed by atoms with Gasteiger partial charge in [-0.2, -0.15) is 0 Å². The third kappa shape index (κ3) is 3.97. The van der Waals surface area contributed by atoms with Gasteiger partial charge in [0.15, 0.2) is 5.78 Å². The lowest BCUT2D eigenvalue weighted by Crippen LogP contribution is -2.45. The van der Waals surface area contributed by atoms with E-state index in [0.717, 1.165) is 5.56 Å². The van der Waals surface area contributed by atoms with Crippen molar-refractivity contribution in [3.63, 3.8) is 0 Å². The van der Waals surface area contributed by atoms with Crippen molar-refractivity contribution in [3.05, 3.63) is 29.8 Å². The van der Waals surface area contributed by atoms with Crippen molar-refractivity contribution >= 4 is 11.9 Å². The van der Waals surface area contributed by atoms with Crippen LogP contribution in [0.15, 0.2) is 24.3 Å². The number of ether oxygens (including phenoxy) is 1. The first-order chi connectivity index (χ1) is 9.76. The molecule has 1 N–H and O–H groups in total. The van der Waals surface area contributed by atoms with E-state index in [2.05, 4.69) is 0 Å². The normalized spacial score (nSPS) is 19.5. The number of phenols is 1. The summed E-state index contributed by atoms with van der Waals surface area (Å²) >= 11 is 0. The molecule has 0 spiro atoms. The summed E-state index contributed by atoms with van der Waals surface area (Å²) in [4.78, 5) is 25.7. The Hall–Kier alpha value is -2.04. The van der Waals surface area contributed by atoms with E-state index in [1.165, 1.54) is 4.90 Å². The Kier molecular flexibility index (Phi) is 4.21. The molecule has 1 unspecified atom stereocenters. The van der Waals surface area contributed by atoms with Crippen molar-refractivity contribution in [2.75, 3.05) is 13.1 Å². The highest BCUT2D eigenvalue weighted by molar-refractivity contribution is 5.90. The summed E-state index contributed by atoms with van der Waals surface area (Å²) in [7, 11) is 0. The van der Waals surface area contributed by atoms with E-state index in [-0.39, 0.29) is 24.0 Å². The summed E-state index contributed by atoms with van der Waals surface area (Å²) in [5.41, 5.74) is 0.315. The first-order valence-corrected chi connectivity index (χ1v) is 7.06. The second kappa shape index (κ2) is 5.76. The van der Waals surface area contributed by atoms with Gasteiger partial charge in [-0.3, -0.25) is 4.79 Å². The van der Waals surface area contributed by atoms with Gasteiger partial charge >= 0.3 is 6.09 Å². The summed E-state index contributed by atoms with van der Waals surface area (Å²) in [6, 6.07) is 6.65. The van der Waals surface area contributed by atoms with Gasteiger partial charge < -0.3 is 14.7 Å². The number of nitrogens with zero attached hydrogens (tertiary/aromatic N) is 1. The maximum absolute atomic E-state index is 12.2. The van der Waals surface area contributed by atoms with Crippen LogP contribution in [0.25, 0.3) is 0 Å². The average Bonchev–Trinajstić information content (AvgIpc) is 2.38. The summed E-state index contributed by atoms with van der Waals surface area (Å²) in [6.07, 6.45) is 0.128. The highest BCUT2D eigenvalue weighted by Gasteiger charge is 2.32. The molecule has 21 heavy (non-hydrogen) atoms. The number of aromatic hydroxyl groups is 1. The zero-order valence-corrected chi connectivity index (χ0v) is 12.6. The van der Waals surface area contributed by atoms with Crippen molar-refractivity contribution in [2.45, 2.75) is 38.7 Å². The quantitative estimate of drug-likeness (QED) is 0.864. The van der Waals surface area contributed by atoms with Crippen molar-refractivity contribution in [1.82, 2.24) is 4.90 Å². The third-order valence-corrected chi connectivity index (χ3v) is 3.37.